The lowest BCUT2D eigenvalue weighted by atomic mass is 10.0. The van der Waals surface area contributed by atoms with E-state index in [1.54, 1.807) is 11.3 Å². The molecule has 0 spiro atoms. The molecule has 0 saturated heterocycles. The van der Waals surface area contributed by atoms with E-state index < -0.39 is 0 Å². The van der Waals surface area contributed by atoms with Crippen LogP contribution in [0, 0.1) is 11.3 Å². The van der Waals surface area contributed by atoms with E-state index in [9.17, 15) is 0 Å². The Morgan fingerprint density at radius 3 is 2.83 bits per heavy atom. The van der Waals surface area contributed by atoms with Crippen LogP contribution in [0.5, 0.6) is 0 Å². The molecule has 96 valence electrons. The van der Waals surface area contributed by atoms with Crippen LogP contribution in [-0.2, 0) is 6.42 Å². The summed E-state index contributed by atoms with van der Waals surface area (Å²) in [6.45, 7) is 0. The zero-order chi connectivity index (χ0) is 11.8. The summed E-state index contributed by atoms with van der Waals surface area (Å²) in [5.74, 6) is 1.15. The van der Waals surface area contributed by atoms with Crippen molar-refractivity contribution in [3.8, 4) is 0 Å². The largest absolute Gasteiger partial charge is 0.383 e. The molecule has 1 aliphatic carbocycles. The Morgan fingerprint density at radius 2 is 2.17 bits per heavy atom. The van der Waals surface area contributed by atoms with Crippen molar-refractivity contribution in [1.82, 2.24) is 0 Å². The summed E-state index contributed by atoms with van der Waals surface area (Å²) in [4.78, 5) is 0.888. The molecule has 2 nitrogen and oxygen atoms in total. The molecule has 1 heterocycles. The van der Waals surface area contributed by atoms with Gasteiger partial charge in [0.05, 0.1) is 4.88 Å². The Kier molecular flexibility index (Phi) is 3.93. The molecule has 1 aromatic heterocycles. The van der Waals surface area contributed by atoms with Crippen LogP contribution in [0.3, 0.4) is 0 Å². The number of nitrogens with two attached hydrogens (primary N) is 1. The van der Waals surface area contributed by atoms with Crippen molar-refractivity contribution in [3.05, 3.63) is 34.7 Å². The normalized spacial score (nSPS) is 14.4. The lowest BCUT2D eigenvalue weighted by molar-refractivity contribution is 0.730. The fourth-order valence-electron chi connectivity index (χ4n) is 2.24. The first-order valence-corrected chi connectivity index (χ1v) is 6.91. The van der Waals surface area contributed by atoms with Crippen LogP contribution in [0.4, 0.5) is 0 Å². The smallest absolute Gasteiger partial charge is 0.133 e. The van der Waals surface area contributed by atoms with Crippen LogP contribution in [0.25, 0.3) is 10.1 Å². The Labute approximate surface area is 117 Å². The lowest BCUT2D eigenvalue weighted by Gasteiger charge is -2.01. The minimum atomic E-state index is 0. The number of halogens is 1. The molecule has 3 rings (SSSR count). The van der Waals surface area contributed by atoms with Gasteiger partial charge in [0, 0.05) is 4.70 Å². The summed E-state index contributed by atoms with van der Waals surface area (Å²) in [6, 6.07) is 8.52. The second-order valence-corrected chi connectivity index (χ2v) is 5.92. The van der Waals surface area contributed by atoms with Crippen LogP contribution in [0.1, 0.15) is 29.7 Å². The number of rotatable bonds is 4. The summed E-state index contributed by atoms with van der Waals surface area (Å²) in [5, 5.41) is 8.80. The number of benzene rings is 1. The average Bonchev–Trinajstić information content (AvgIpc) is 3.02. The van der Waals surface area contributed by atoms with Crippen molar-refractivity contribution in [3.63, 3.8) is 0 Å². The van der Waals surface area contributed by atoms with Gasteiger partial charge in [0.1, 0.15) is 5.84 Å². The molecule has 0 unspecified atom stereocenters. The minimum absolute atomic E-state index is 0. The first-order valence-electron chi connectivity index (χ1n) is 6.10. The first-order chi connectivity index (χ1) is 8.24. The first kappa shape index (κ1) is 13.4. The van der Waals surface area contributed by atoms with Gasteiger partial charge in [0.2, 0.25) is 0 Å². The second kappa shape index (κ2) is 5.29. The van der Waals surface area contributed by atoms with Crippen molar-refractivity contribution >= 4 is 39.7 Å². The average molecular weight is 281 g/mol. The molecule has 1 aliphatic rings. The molecule has 2 aromatic rings. The number of nitrogens with one attached hydrogen (secondary N) is 1. The van der Waals surface area contributed by atoms with Gasteiger partial charge in [-0.1, -0.05) is 25.0 Å². The number of hydrogen-bond acceptors (Lipinski definition) is 2. The maximum atomic E-state index is 7.51. The summed E-state index contributed by atoms with van der Waals surface area (Å²) in [5.41, 5.74) is 6.97. The molecule has 1 aromatic carbocycles. The van der Waals surface area contributed by atoms with Gasteiger partial charge in [-0.3, -0.25) is 5.41 Å². The van der Waals surface area contributed by atoms with Gasteiger partial charge in [-0.15, -0.1) is 23.7 Å². The highest BCUT2D eigenvalue weighted by atomic mass is 35.5. The van der Waals surface area contributed by atoms with Crippen LogP contribution in [-0.4, -0.2) is 5.84 Å². The number of nitrogen functional groups attached to an aromatic ring is 1. The van der Waals surface area contributed by atoms with E-state index in [0.29, 0.717) is 0 Å². The highest BCUT2D eigenvalue weighted by molar-refractivity contribution is 7.20. The molecule has 0 atom stereocenters. The highest BCUT2D eigenvalue weighted by Gasteiger charge is 2.21. The molecular weight excluding hydrogens is 264 g/mol. The van der Waals surface area contributed by atoms with Crippen LogP contribution < -0.4 is 5.73 Å². The second-order valence-electron chi connectivity index (χ2n) is 4.84. The molecule has 18 heavy (non-hydrogen) atoms. The fourth-order valence-corrected chi connectivity index (χ4v) is 3.21. The number of fused-ring (bicyclic) bond motifs is 1. The van der Waals surface area contributed by atoms with E-state index in [1.807, 2.05) is 0 Å². The van der Waals surface area contributed by atoms with E-state index in [0.717, 1.165) is 17.2 Å². The van der Waals surface area contributed by atoms with Crippen molar-refractivity contribution < 1.29 is 0 Å². The molecule has 0 bridgehead atoms. The van der Waals surface area contributed by atoms with E-state index in [4.69, 9.17) is 11.1 Å². The third-order valence-corrected chi connectivity index (χ3v) is 4.57. The number of amidine groups is 1. The zero-order valence-corrected chi connectivity index (χ0v) is 11.7. The third-order valence-electron chi connectivity index (χ3n) is 3.44. The van der Waals surface area contributed by atoms with Gasteiger partial charge >= 0.3 is 0 Å². The number of aryl methyl sites for hydroxylation is 1. The van der Waals surface area contributed by atoms with Crippen molar-refractivity contribution in [2.75, 3.05) is 0 Å². The molecule has 1 saturated carbocycles. The van der Waals surface area contributed by atoms with Crippen molar-refractivity contribution in [1.29, 1.82) is 5.41 Å². The molecule has 3 N–H and O–H groups in total. The molecule has 0 radical (unpaired) electrons. The van der Waals surface area contributed by atoms with Gasteiger partial charge < -0.3 is 5.73 Å². The number of thiophene rings is 1. The highest BCUT2D eigenvalue weighted by Crippen LogP contribution is 2.35. The molecule has 4 heteroatoms. The van der Waals surface area contributed by atoms with Crippen LogP contribution >= 0.6 is 23.7 Å². The van der Waals surface area contributed by atoms with E-state index in [1.165, 1.54) is 34.9 Å². The summed E-state index contributed by atoms with van der Waals surface area (Å²) < 4.78 is 1.25. The Bertz CT molecular complexity index is 572. The van der Waals surface area contributed by atoms with Crippen molar-refractivity contribution in [2.24, 2.45) is 11.7 Å². The van der Waals surface area contributed by atoms with Gasteiger partial charge in [0.15, 0.2) is 0 Å². The molecule has 0 aliphatic heterocycles. The maximum absolute atomic E-state index is 7.51. The predicted octanol–water partition coefficient (Wildman–Crippen LogP) is 3.95. The summed E-state index contributed by atoms with van der Waals surface area (Å²) >= 11 is 1.62. The minimum Gasteiger partial charge on any atom is -0.383 e. The zero-order valence-electron chi connectivity index (χ0n) is 10.1. The standard InChI is InChI=1S/C14H16N2S.ClH/c15-14(16)13-8-11-10(7-6-9-4-5-9)2-1-3-12(11)17-13;/h1-3,8-9H,4-7H2,(H3,15,16);1H. The van der Waals surface area contributed by atoms with Gasteiger partial charge in [0.25, 0.3) is 0 Å². The fraction of sp³-hybridized carbons (Fsp3) is 0.357. The number of hydrogen-bond donors (Lipinski definition) is 2. The molecular formula is C14H17ClN2S. The Hall–Kier alpha value is -1.06. The topological polar surface area (TPSA) is 49.9 Å². The Balaban J connectivity index is 0.00000120. The van der Waals surface area contributed by atoms with Gasteiger partial charge in [-0.2, -0.15) is 0 Å². The van der Waals surface area contributed by atoms with Gasteiger partial charge in [-0.05, 0) is 41.8 Å². The van der Waals surface area contributed by atoms with E-state index in [-0.39, 0.29) is 18.2 Å². The van der Waals surface area contributed by atoms with Crippen molar-refractivity contribution in [2.45, 2.75) is 25.7 Å². The molecule has 1 fully saturated rings. The van der Waals surface area contributed by atoms with Crippen LogP contribution in [0.2, 0.25) is 0 Å². The third kappa shape index (κ3) is 2.68. The monoisotopic (exact) mass is 280 g/mol. The van der Waals surface area contributed by atoms with E-state index >= 15 is 0 Å². The lowest BCUT2D eigenvalue weighted by Crippen LogP contribution is -2.08. The Morgan fingerprint density at radius 1 is 1.39 bits per heavy atom. The summed E-state index contributed by atoms with van der Waals surface area (Å²) in [7, 11) is 0. The van der Waals surface area contributed by atoms with Gasteiger partial charge in [-0.25, -0.2) is 0 Å². The molecule has 0 amide bonds. The quantitative estimate of drug-likeness (QED) is 0.647. The SMILES string of the molecule is Cl.N=C(N)c1cc2c(CCC3CC3)cccc2s1. The summed E-state index contributed by atoms with van der Waals surface area (Å²) in [6.07, 6.45) is 5.30. The maximum Gasteiger partial charge on any atom is 0.133 e. The predicted molar refractivity (Wildman–Crippen MR) is 81.1 cm³/mol. The van der Waals surface area contributed by atoms with E-state index in [2.05, 4.69) is 24.3 Å². The van der Waals surface area contributed by atoms with Crippen LogP contribution in [0.15, 0.2) is 24.3 Å².